The monoisotopic (exact) mass is 324 g/mol. The maximum absolute atomic E-state index is 12.8. The van der Waals surface area contributed by atoms with E-state index in [-0.39, 0.29) is 10.8 Å². The molecule has 22 heavy (non-hydrogen) atoms. The summed E-state index contributed by atoms with van der Waals surface area (Å²) >= 11 is 4.91. The van der Waals surface area contributed by atoms with Crippen LogP contribution in [-0.4, -0.2) is 16.3 Å². The number of benzene rings is 1. The highest BCUT2D eigenvalue weighted by Gasteiger charge is 2.33. The third kappa shape index (κ3) is 4.52. The number of pyridine rings is 1. The molecule has 2 rings (SSSR count). The van der Waals surface area contributed by atoms with Crippen LogP contribution in [0.15, 0.2) is 53.8 Å². The van der Waals surface area contributed by atoms with E-state index in [9.17, 15) is 13.2 Å². The van der Waals surface area contributed by atoms with E-state index in [1.807, 2.05) is 0 Å². The zero-order chi connectivity index (χ0) is 16.0. The summed E-state index contributed by atoms with van der Waals surface area (Å²) in [6.07, 6.45) is -1.46. The lowest BCUT2D eigenvalue weighted by Crippen LogP contribution is -2.25. The minimum Gasteiger partial charge on any atom is -0.331 e. The molecule has 0 fully saturated rings. The first-order valence-electron chi connectivity index (χ1n) is 6.14. The molecule has 0 aliphatic rings. The fourth-order valence-electron chi connectivity index (χ4n) is 1.60. The lowest BCUT2D eigenvalue weighted by molar-refractivity contribution is -0.136. The number of alkyl halides is 3. The number of thiocarbonyl (C=S) groups is 1. The number of anilines is 1. The van der Waals surface area contributed by atoms with Gasteiger partial charge in [0.1, 0.15) is 0 Å². The van der Waals surface area contributed by atoms with Crippen molar-refractivity contribution in [2.45, 2.75) is 6.18 Å². The van der Waals surface area contributed by atoms with Gasteiger partial charge in [-0.05, 0) is 36.5 Å². The average Bonchev–Trinajstić information content (AvgIpc) is 2.48. The van der Waals surface area contributed by atoms with Gasteiger partial charge in [0.05, 0.1) is 23.2 Å². The summed E-state index contributed by atoms with van der Waals surface area (Å²) in [6, 6.07) is 10.3. The van der Waals surface area contributed by atoms with Gasteiger partial charge in [-0.2, -0.15) is 18.3 Å². The van der Waals surface area contributed by atoms with E-state index in [1.54, 1.807) is 24.4 Å². The van der Waals surface area contributed by atoms with Crippen molar-refractivity contribution < 1.29 is 13.2 Å². The van der Waals surface area contributed by atoms with Crippen LogP contribution in [0, 0.1) is 0 Å². The Kier molecular flexibility index (Phi) is 5.05. The van der Waals surface area contributed by atoms with Crippen LogP contribution in [0.2, 0.25) is 0 Å². The second-order valence-corrected chi connectivity index (χ2v) is 4.53. The molecule has 2 aromatic rings. The summed E-state index contributed by atoms with van der Waals surface area (Å²) in [7, 11) is 0. The van der Waals surface area contributed by atoms with Crippen molar-refractivity contribution in [3.63, 3.8) is 0 Å². The van der Waals surface area contributed by atoms with Gasteiger partial charge in [-0.15, -0.1) is 0 Å². The number of hydrogen-bond acceptors (Lipinski definition) is 3. The molecule has 0 saturated carbocycles. The zero-order valence-electron chi connectivity index (χ0n) is 11.1. The van der Waals surface area contributed by atoms with Crippen LogP contribution in [0.5, 0.6) is 0 Å². The number of aromatic nitrogens is 1. The molecule has 2 N–H and O–H groups in total. The first-order chi connectivity index (χ1) is 10.5. The topological polar surface area (TPSA) is 49.3 Å². The van der Waals surface area contributed by atoms with Gasteiger partial charge in [0, 0.05) is 6.20 Å². The molecule has 0 unspecified atom stereocenters. The summed E-state index contributed by atoms with van der Waals surface area (Å²) in [6.45, 7) is 0. The molecule has 0 saturated heterocycles. The van der Waals surface area contributed by atoms with Crippen LogP contribution in [0.1, 0.15) is 11.3 Å². The fourth-order valence-corrected chi connectivity index (χ4v) is 1.76. The number of halogens is 3. The summed E-state index contributed by atoms with van der Waals surface area (Å²) in [5.74, 6) is 0. The van der Waals surface area contributed by atoms with E-state index in [0.29, 0.717) is 5.69 Å². The fraction of sp³-hybridized carbons (Fsp3) is 0.0714. The van der Waals surface area contributed by atoms with E-state index in [0.717, 1.165) is 6.07 Å². The van der Waals surface area contributed by atoms with Crippen LogP contribution in [0.25, 0.3) is 0 Å². The Hall–Kier alpha value is -2.48. The van der Waals surface area contributed by atoms with Crippen molar-refractivity contribution in [2.24, 2.45) is 5.10 Å². The van der Waals surface area contributed by atoms with Gasteiger partial charge < -0.3 is 5.32 Å². The molecule has 0 spiro atoms. The summed E-state index contributed by atoms with van der Waals surface area (Å²) in [5.41, 5.74) is 2.10. The molecule has 0 aliphatic heterocycles. The van der Waals surface area contributed by atoms with Gasteiger partial charge in [0.25, 0.3) is 0 Å². The Morgan fingerprint density at radius 1 is 1.14 bits per heavy atom. The largest absolute Gasteiger partial charge is 0.418 e. The summed E-state index contributed by atoms with van der Waals surface area (Å²) in [5, 5.41) is 6.22. The standard InChI is InChI=1S/C14H11F3N4S/c15-14(16,17)11-6-1-2-7-12(11)20-13(22)21-19-9-10-5-3-4-8-18-10/h1-9H,(H2,20,21,22). The molecule has 0 aliphatic carbocycles. The van der Waals surface area contributed by atoms with Gasteiger partial charge in [-0.1, -0.05) is 18.2 Å². The number of rotatable bonds is 3. The Morgan fingerprint density at radius 2 is 1.86 bits per heavy atom. The number of nitrogens with one attached hydrogen (secondary N) is 2. The molecule has 1 aromatic heterocycles. The van der Waals surface area contributed by atoms with E-state index >= 15 is 0 Å². The quantitative estimate of drug-likeness (QED) is 0.516. The Morgan fingerprint density at radius 3 is 2.55 bits per heavy atom. The van der Waals surface area contributed by atoms with Crippen LogP contribution >= 0.6 is 12.2 Å². The highest BCUT2D eigenvalue weighted by atomic mass is 32.1. The Balaban J connectivity index is 2.00. The molecule has 114 valence electrons. The molecule has 0 amide bonds. The van der Waals surface area contributed by atoms with Gasteiger partial charge in [-0.3, -0.25) is 10.4 Å². The first-order valence-corrected chi connectivity index (χ1v) is 6.55. The maximum Gasteiger partial charge on any atom is 0.418 e. The van der Waals surface area contributed by atoms with Crippen molar-refractivity contribution in [1.29, 1.82) is 0 Å². The lowest BCUT2D eigenvalue weighted by atomic mass is 10.2. The molecule has 4 nitrogen and oxygen atoms in total. The number of para-hydroxylation sites is 1. The predicted molar refractivity (Wildman–Crippen MR) is 82.6 cm³/mol. The van der Waals surface area contributed by atoms with Crippen molar-refractivity contribution in [2.75, 3.05) is 5.32 Å². The molecule has 1 aromatic carbocycles. The van der Waals surface area contributed by atoms with Crippen molar-refractivity contribution in [3.8, 4) is 0 Å². The van der Waals surface area contributed by atoms with Crippen LogP contribution in [0.3, 0.4) is 0 Å². The minimum atomic E-state index is -4.46. The second kappa shape index (κ2) is 6.99. The van der Waals surface area contributed by atoms with Crippen molar-refractivity contribution in [1.82, 2.24) is 10.4 Å². The van der Waals surface area contributed by atoms with E-state index in [2.05, 4.69) is 20.8 Å². The predicted octanol–water partition coefficient (Wildman–Crippen LogP) is 3.42. The minimum absolute atomic E-state index is 0.0520. The molecule has 0 bridgehead atoms. The molecule has 8 heteroatoms. The van der Waals surface area contributed by atoms with E-state index in [4.69, 9.17) is 12.2 Å². The molecular weight excluding hydrogens is 313 g/mol. The highest BCUT2D eigenvalue weighted by Crippen LogP contribution is 2.34. The average molecular weight is 324 g/mol. The van der Waals surface area contributed by atoms with Gasteiger partial charge >= 0.3 is 6.18 Å². The zero-order valence-corrected chi connectivity index (χ0v) is 11.9. The Labute approximate surface area is 130 Å². The number of hydrazone groups is 1. The molecule has 0 radical (unpaired) electrons. The smallest absolute Gasteiger partial charge is 0.331 e. The van der Waals surface area contributed by atoms with Crippen LogP contribution < -0.4 is 10.7 Å². The van der Waals surface area contributed by atoms with Crippen LogP contribution in [0.4, 0.5) is 18.9 Å². The van der Waals surface area contributed by atoms with Crippen molar-refractivity contribution >= 4 is 29.2 Å². The third-order valence-electron chi connectivity index (χ3n) is 2.53. The summed E-state index contributed by atoms with van der Waals surface area (Å²) in [4.78, 5) is 4.00. The first kappa shape index (κ1) is 15.9. The maximum atomic E-state index is 12.8. The highest BCUT2D eigenvalue weighted by molar-refractivity contribution is 7.80. The van der Waals surface area contributed by atoms with Crippen LogP contribution in [-0.2, 0) is 6.18 Å². The number of nitrogens with zero attached hydrogens (tertiary/aromatic N) is 2. The Bertz CT molecular complexity index is 671. The second-order valence-electron chi connectivity index (χ2n) is 4.12. The van der Waals surface area contributed by atoms with E-state index < -0.39 is 11.7 Å². The van der Waals surface area contributed by atoms with E-state index in [1.165, 1.54) is 24.4 Å². The third-order valence-corrected chi connectivity index (χ3v) is 2.72. The molecule has 1 heterocycles. The molecule has 0 atom stereocenters. The lowest BCUT2D eigenvalue weighted by Gasteiger charge is -2.14. The SMILES string of the molecule is FC(F)(F)c1ccccc1NC(=S)NN=Cc1ccccn1. The summed E-state index contributed by atoms with van der Waals surface area (Å²) < 4.78 is 38.5. The van der Waals surface area contributed by atoms with Crippen molar-refractivity contribution in [3.05, 3.63) is 59.9 Å². The van der Waals surface area contributed by atoms with Gasteiger partial charge in [0.15, 0.2) is 5.11 Å². The molecular formula is C14H11F3N4S. The van der Waals surface area contributed by atoms with Gasteiger partial charge in [0.2, 0.25) is 0 Å². The van der Waals surface area contributed by atoms with Gasteiger partial charge in [-0.25, -0.2) is 0 Å². The normalized spacial score (nSPS) is 11.4. The number of hydrogen-bond donors (Lipinski definition) is 2.